The molecule has 0 aromatic heterocycles. The SMILES string of the molecule is CCC(N)(CC)C(=O)NC(C)c1ccc(C#N)cc1. The number of rotatable bonds is 5. The summed E-state index contributed by atoms with van der Waals surface area (Å²) in [6, 6.07) is 9.13. The Balaban J connectivity index is 2.76. The van der Waals surface area contributed by atoms with Crippen LogP contribution in [0.15, 0.2) is 24.3 Å². The molecule has 19 heavy (non-hydrogen) atoms. The van der Waals surface area contributed by atoms with Gasteiger partial charge in [0.25, 0.3) is 0 Å². The number of nitrogens with one attached hydrogen (secondary N) is 1. The van der Waals surface area contributed by atoms with Crippen molar-refractivity contribution in [2.75, 3.05) is 0 Å². The number of carbonyl (C=O) groups is 1. The van der Waals surface area contributed by atoms with Crippen molar-refractivity contribution in [1.29, 1.82) is 5.26 Å². The standard InChI is InChI=1S/C15H21N3O/c1-4-15(17,5-2)14(19)18-11(3)13-8-6-12(10-16)7-9-13/h6-9,11H,4-5,17H2,1-3H3,(H,18,19). The lowest BCUT2D eigenvalue weighted by atomic mass is 9.92. The van der Waals surface area contributed by atoms with Crippen LogP contribution in [0.1, 0.15) is 50.8 Å². The van der Waals surface area contributed by atoms with E-state index in [1.165, 1.54) is 0 Å². The molecule has 3 N–H and O–H groups in total. The fourth-order valence-corrected chi connectivity index (χ4v) is 1.84. The summed E-state index contributed by atoms with van der Waals surface area (Å²) < 4.78 is 0. The monoisotopic (exact) mass is 259 g/mol. The summed E-state index contributed by atoms with van der Waals surface area (Å²) >= 11 is 0. The van der Waals surface area contributed by atoms with Crippen LogP contribution in [-0.2, 0) is 4.79 Å². The molecule has 1 atom stereocenters. The minimum absolute atomic E-state index is 0.124. The molecule has 0 spiro atoms. The van der Waals surface area contributed by atoms with Crippen molar-refractivity contribution in [1.82, 2.24) is 5.32 Å². The Bertz CT molecular complexity index is 469. The summed E-state index contributed by atoms with van der Waals surface area (Å²) in [6.45, 7) is 5.73. The summed E-state index contributed by atoms with van der Waals surface area (Å²) in [5, 5.41) is 11.7. The first-order chi connectivity index (χ1) is 8.96. The highest BCUT2D eigenvalue weighted by atomic mass is 16.2. The fraction of sp³-hybridized carbons (Fsp3) is 0.467. The molecule has 0 heterocycles. The van der Waals surface area contributed by atoms with Crippen LogP contribution < -0.4 is 11.1 Å². The predicted molar refractivity (Wildman–Crippen MR) is 75.2 cm³/mol. The predicted octanol–water partition coefficient (Wildman–Crippen LogP) is 2.25. The van der Waals surface area contributed by atoms with Gasteiger partial charge in [-0.05, 0) is 37.5 Å². The van der Waals surface area contributed by atoms with Gasteiger partial charge >= 0.3 is 0 Å². The van der Waals surface area contributed by atoms with E-state index in [1.54, 1.807) is 12.1 Å². The van der Waals surface area contributed by atoms with Gasteiger partial charge in [-0.15, -0.1) is 0 Å². The first kappa shape index (κ1) is 15.2. The first-order valence-electron chi connectivity index (χ1n) is 6.56. The number of hydrogen-bond donors (Lipinski definition) is 2. The molecule has 0 saturated heterocycles. The van der Waals surface area contributed by atoms with Crippen molar-refractivity contribution in [2.24, 2.45) is 5.73 Å². The fourth-order valence-electron chi connectivity index (χ4n) is 1.84. The molecule has 102 valence electrons. The van der Waals surface area contributed by atoms with E-state index < -0.39 is 5.54 Å². The number of nitrogens with two attached hydrogens (primary N) is 1. The molecule has 4 heteroatoms. The highest BCUT2D eigenvalue weighted by Gasteiger charge is 2.30. The van der Waals surface area contributed by atoms with E-state index in [-0.39, 0.29) is 11.9 Å². The maximum atomic E-state index is 12.1. The van der Waals surface area contributed by atoms with Crippen LogP contribution in [0.2, 0.25) is 0 Å². The first-order valence-corrected chi connectivity index (χ1v) is 6.56. The molecule has 0 aliphatic carbocycles. The van der Waals surface area contributed by atoms with Crippen LogP contribution in [0.4, 0.5) is 0 Å². The Morgan fingerprint density at radius 3 is 2.32 bits per heavy atom. The maximum Gasteiger partial charge on any atom is 0.240 e. The van der Waals surface area contributed by atoms with Gasteiger partial charge in [0.1, 0.15) is 0 Å². The van der Waals surface area contributed by atoms with Crippen molar-refractivity contribution in [3.8, 4) is 6.07 Å². The van der Waals surface area contributed by atoms with Gasteiger partial charge in [-0.1, -0.05) is 26.0 Å². The average molecular weight is 259 g/mol. The Hall–Kier alpha value is -1.86. The van der Waals surface area contributed by atoms with Gasteiger partial charge in [0.05, 0.1) is 23.2 Å². The van der Waals surface area contributed by atoms with Crippen LogP contribution in [0.3, 0.4) is 0 Å². The summed E-state index contributed by atoms with van der Waals surface area (Å²) in [5.41, 5.74) is 6.82. The minimum atomic E-state index is -0.805. The molecular weight excluding hydrogens is 238 g/mol. The molecule has 1 amide bonds. The lowest BCUT2D eigenvalue weighted by Gasteiger charge is -2.27. The largest absolute Gasteiger partial charge is 0.348 e. The summed E-state index contributed by atoms with van der Waals surface area (Å²) in [7, 11) is 0. The topological polar surface area (TPSA) is 78.9 Å². The number of amides is 1. The van der Waals surface area contributed by atoms with Gasteiger partial charge in [-0.25, -0.2) is 0 Å². The second-order valence-electron chi connectivity index (χ2n) is 4.79. The molecule has 1 unspecified atom stereocenters. The van der Waals surface area contributed by atoms with Gasteiger partial charge in [-0.3, -0.25) is 4.79 Å². The van der Waals surface area contributed by atoms with E-state index in [4.69, 9.17) is 11.0 Å². The Morgan fingerprint density at radius 1 is 1.37 bits per heavy atom. The smallest absolute Gasteiger partial charge is 0.240 e. The third-order valence-corrected chi connectivity index (χ3v) is 3.60. The number of hydrogen-bond acceptors (Lipinski definition) is 3. The highest BCUT2D eigenvalue weighted by molar-refractivity contribution is 5.86. The molecule has 1 rings (SSSR count). The summed E-state index contributed by atoms with van der Waals surface area (Å²) in [6.07, 6.45) is 1.21. The Labute approximate surface area is 114 Å². The Morgan fingerprint density at radius 2 is 1.89 bits per heavy atom. The maximum absolute atomic E-state index is 12.1. The van der Waals surface area contributed by atoms with E-state index in [9.17, 15) is 4.79 Å². The van der Waals surface area contributed by atoms with Crippen LogP contribution >= 0.6 is 0 Å². The highest BCUT2D eigenvalue weighted by Crippen LogP contribution is 2.17. The average Bonchev–Trinajstić information content (AvgIpc) is 2.46. The number of carbonyl (C=O) groups excluding carboxylic acids is 1. The van der Waals surface area contributed by atoms with Crippen molar-refractivity contribution < 1.29 is 4.79 Å². The van der Waals surface area contributed by atoms with Gasteiger partial charge in [0.2, 0.25) is 5.91 Å². The van der Waals surface area contributed by atoms with Gasteiger partial charge in [-0.2, -0.15) is 5.26 Å². The third kappa shape index (κ3) is 3.55. The van der Waals surface area contributed by atoms with Gasteiger partial charge in [0.15, 0.2) is 0 Å². The molecule has 0 bridgehead atoms. The van der Waals surface area contributed by atoms with Crippen LogP contribution in [0.25, 0.3) is 0 Å². The normalized spacial score (nSPS) is 12.6. The van der Waals surface area contributed by atoms with Crippen LogP contribution in [0.5, 0.6) is 0 Å². The van der Waals surface area contributed by atoms with Gasteiger partial charge < -0.3 is 11.1 Å². The van der Waals surface area contributed by atoms with Crippen LogP contribution in [0, 0.1) is 11.3 Å². The third-order valence-electron chi connectivity index (χ3n) is 3.60. The molecule has 0 fully saturated rings. The van der Waals surface area contributed by atoms with E-state index in [1.807, 2.05) is 32.9 Å². The molecular formula is C15H21N3O. The van der Waals surface area contributed by atoms with Crippen molar-refractivity contribution in [3.63, 3.8) is 0 Å². The van der Waals surface area contributed by atoms with E-state index >= 15 is 0 Å². The molecule has 1 aromatic rings. The zero-order valence-electron chi connectivity index (χ0n) is 11.7. The molecule has 4 nitrogen and oxygen atoms in total. The lowest BCUT2D eigenvalue weighted by Crippen LogP contribution is -2.53. The van der Waals surface area contributed by atoms with Crippen molar-refractivity contribution >= 4 is 5.91 Å². The molecule has 0 saturated carbocycles. The zero-order chi connectivity index (χ0) is 14.5. The zero-order valence-corrected chi connectivity index (χ0v) is 11.7. The van der Waals surface area contributed by atoms with E-state index in [2.05, 4.69) is 11.4 Å². The molecule has 1 aromatic carbocycles. The van der Waals surface area contributed by atoms with E-state index in [0.29, 0.717) is 18.4 Å². The number of benzene rings is 1. The molecule has 0 aliphatic heterocycles. The summed E-state index contributed by atoms with van der Waals surface area (Å²) in [4.78, 5) is 12.1. The molecule has 0 aliphatic rings. The number of nitriles is 1. The van der Waals surface area contributed by atoms with Gasteiger partial charge in [0, 0.05) is 0 Å². The second-order valence-corrected chi connectivity index (χ2v) is 4.79. The quantitative estimate of drug-likeness (QED) is 0.851. The Kier molecular flexibility index (Phi) is 5.08. The minimum Gasteiger partial charge on any atom is -0.348 e. The lowest BCUT2D eigenvalue weighted by molar-refractivity contribution is -0.127. The van der Waals surface area contributed by atoms with Crippen LogP contribution in [-0.4, -0.2) is 11.4 Å². The number of nitrogens with zero attached hydrogens (tertiary/aromatic N) is 1. The van der Waals surface area contributed by atoms with Crippen molar-refractivity contribution in [3.05, 3.63) is 35.4 Å². The van der Waals surface area contributed by atoms with Crippen molar-refractivity contribution in [2.45, 2.75) is 45.2 Å². The van der Waals surface area contributed by atoms with E-state index in [0.717, 1.165) is 5.56 Å². The summed E-state index contributed by atoms with van der Waals surface area (Å²) in [5.74, 6) is -0.130. The second kappa shape index (κ2) is 6.35. The molecule has 0 radical (unpaired) electrons.